The third-order valence-electron chi connectivity index (χ3n) is 3.51. The fourth-order valence-corrected chi connectivity index (χ4v) is 2.23. The standard InChI is InChI=1S/C18H14FN3O2/c19-14-3-1-13(2-4-14)16-6-5-15(18(24)22-16)17(23)21-11-12-7-9-20-10-8-12/h1-10H,11H2,(H,21,23)(H,22,24). The van der Waals surface area contributed by atoms with Crippen LogP contribution in [0.5, 0.6) is 0 Å². The number of benzene rings is 1. The summed E-state index contributed by atoms with van der Waals surface area (Å²) in [6, 6.07) is 12.4. The van der Waals surface area contributed by atoms with Crippen molar-refractivity contribution >= 4 is 5.91 Å². The van der Waals surface area contributed by atoms with E-state index in [-0.39, 0.29) is 11.4 Å². The predicted molar refractivity (Wildman–Crippen MR) is 87.9 cm³/mol. The van der Waals surface area contributed by atoms with Gasteiger partial charge in [0.2, 0.25) is 0 Å². The van der Waals surface area contributed by atoms with Gasteiger partial charge in [0.25, 0.3) is 11.5 Å². The average molecular weight is 323 g/mol. The molecular weight excluding hydrogens is 309 g/mol. The first-order valence-electron chi connectivity index (χ1n) is 7.30. The molecule has 1 amide bonds. The number of nitrogens with zero attached hydrogens (tertiary/aromatic N) is 1. The van der Waals surface area contributed by atoms with Crippen LogP contribution >= 0.6 is 0 Å². The number of pyridine rings is 2. The number of hydrogen-bond donors (Lipinski definition) is 2. The van der Waals surface area contributed by atoms with Crippen LogP contribution < -0.4 is 10.9 Å². The molecule has 0 aliphatic rings. The van der Waals surface area contributed by atoms with Crippen molar-refractivity contribution in [3.8, 4) is 11.3 Å². The van der Waals surface area contributed by atoms with Crippen molar-refractivity contribution < 1.29 is 9.18 Å². The Morgan fingerprint density at radius 3 is 2.42 bits per heavy atom. The molecular formula is C18H14FN3O2. The van der Waals surface area contributed by atoms with Crippen molar-refractivity contribution in [3.05, 3.63) is 88.2 Å². The molecule has 0 atom stereocenters. The minimum Gasteiger partial charge on any atom is -0.348 e. The maximum Gasteiger partial charge on any atom is 0.261 e. The van der Waals surface area contributed by atoms with Crippen molar-refractivity contribution in [3.63, 3.8) is 0 Å². The van der Waals surface area contributed by atoms with Crippen molar-refractivity contribution in [1.82, 2.24) is 15.3 Å². The summed E-state index contributed by atoms with van der Waals surface area (Å²) in [6.45, 7) is 0.306. The lowest BCUT2D eigenvalue weighted by Crippen LogP contribution is -2.29. The summed E-state index contributed by atoms with van der Waals surface area (Å²) in [7, 11) is 0. The quantitative estimate of drug-likeness (QED) is 0.775. The van der Waals surface area contributed by atoms with E-state index in [0.29, 0.717) is 17.8 Å². The molecule has 2 N–H and O–H groups in total. The van der Waals surface area contributed by atoms with Crippen LogP contribution in [0.4, 0.5) is 4.39 Å². The monoisotopic (exact) mass is 323 g/mol. The zero-order valence-electron chi connectivity index (χ0n) is 12.6. The van der Waals surface area contributed by atoms with E-state index < -0.39 is 11.5 Å². The summed E-state index contributed by atoms with van der Waals surface area (Å²) < 4.78 is 12.9. The molecule has 0 radical (unpaired) electrons. The van der Waals surface area contributed by atoms with E-state index in [4.69, 9.17) is 0 Å². The van der Waals surface area contributed by atoms with E-state index in [9.17, 15) is 14.0 Å². The molecule has 0 aliphatic carbocycles. The van der Waals surface area contributed by atoms with Gasteiger partial charge in [-0.1, -0.05) is 0 Å². The number of hydrogen-bond acceptors (Lipinski definition) is 3. The van der Waals surface area contributed by atoms with Gasteiger partial charge in [0.15, 0.2) is 0 Å². The lowest BCUT2D eigenvalue weighted by atomic mass is 10.1. The van der Waals surface area contributed by atoms with Crippen molar-refractivity contribution in [2.45, 2.75) is 6.54 Å². The first kappa shape index (κ1) is 15.6. The van der Waals surface area contributed by atoms with Crippen molar-refractivity contribution in [1.29, 1.82) is 0 Å². The number of carbonyl (C=O) groups is 1. The van der Waals surface area contributed by atoms with Crippen molar-refractivity contribution in [2.24, 2.45) is 0 Å². The molecule has 3 aromatic rings. The van der Waals surface area contributed by atoms with Crippen LogP contribution in [-0.4, -0.2) is 15.9 Å². The molecule has 1 aromatic carbocycles. The fraction of sp³-hybridized carbons (Fsp3) is 0.0556. The van der Waals surface area contributed by atoms with Crippen LogP contribution in [0.3, 0.4) is 0 Å². The van der Waals surface area contributed by atoms with Gasteiger partial charge in [-0.15, -0.1) is 0 Å². The number of H-pyrrole nitrogens is 1. The van der Waals surface area contributed by atoms with E-state index in [1.807, 2.05) is 0 Å². The zero-order chi connectivity index (χ0) is 16.9. The predicted octanol–water partition coefficient (Wildman–Crippen LogP) is 2.51. The first-order valence-corrected chi connectivity index (χ1v) is 7.30. The molecule has 6 heteroatoms. The Balaban J connectivity index is 1.76. The third-order valence-corrected chi connectivity index (χ3v) is 3.51. The molecule has 0 aliphatic heterocycles. The number of halogens is 1. The molecule has 2 aromatic heterocycles. The minimum atomic E-state index is -0.496. The molecule has 0 unspecified atom stereocenters. The normalized spacial score (nSPS) is 10.4. The molecule has 0 fully saturated rings. The van der Waals surface area contributed by atoms with Gasteiger partial charge in [0.1, 0.15) is 11.4 Å². The number of nitrogens with one attached hydrogen (secondary N) is 2. The van der Waals surface area contributed by atoms with Crippen LogP contribution in [0, 0.1) is 5.82 Å². The summed E-state index contributed by atoms with van der Waals surface area (Å²) in [5, 5.41) is 2.69. The van der Waals surface area contributed by atoms with Gasteiger partial charge in [-0.05, 0) is 59.7 Å². The van der Waals surface area contributed by atoms with E-state index in [2.05, 4.69) is 15.3 Å². The molecule has 0 saturated carbocycles. The minimum absolute atomic E-state index is 0.0231. The zero-order valence-corrected chi connectivity index (χ0v) is 12.6. The summed E-state index contributed by atoms with van der Waals surface area (Å²) in [6.07, 6.45) is 3.26. The molecule has 0 saturated heterocycles. The van der Waals surface area contributed by atoms with Gasteiger partial charge >= 0.3 is 0 Å². The topological polar surface area (TPSA) is 74.8 Å². The van der Waals surface area contributed by atoms with Gasteiger partial charge in [0.05, 0.1) is 0 Å². The van der Waals surface area contributed by atoms with Crippen molar-refractivity contribution in [2.75, 3.05) is 0 Å². The molecule has 24 heavy (non-hydrogen) atoms. The van der Waals surface area contributed by atoms with E-state index in [1.54, 1.807) is 42.7 Å². The Labute approximate surface area is 137 Å². The molecule has 3 rings (SSSR count). The highest BCUT2D eigenvalue weighted by molar-refractivity contribution is 5.94. The summed E-state index contributed by atoms with van der Waals surface area (Å²) in [4.78, 5) is 30.8. The Morgan fingerprint density at radius 1 is 1.04 bits per heavy atom. The summed E-state index contributed by atoms with van der Waals surface area (Å²) in [5.74, 6) is -0.813. The number of aromatic amines is 1. The number of carbonyl (C=O) groups excluding carboxylic acids is 1. The number of rotatable bonds is 4. The van der Waals surface area contributed by atoms with E-state index >= 15 is 0 Å². The number of amides is 1. The maximum atomic E-state index is 12.9. The van der Waals surface area contributed by atoms with E-state index in [0.717, 1.165) is 5.56 Å². The Morgan fingerprint density at radius 2 is 1.75 bits per heavy atom. The summed E-state index contributed by atoms with van der Waals surface area (Å²) >= 11 is 0. The second-order valence-electron chi connectivity index (χ2n) is 5.16. The SMILES string of the molecule is O=C(NCc1ccncc1)c1ccc(-c2ccc(F)cc2)[nH]c1=O. The Bertz CT molecular complexity index is 906. The highest BCUT2D eigenvalue weighted by Gasteiger charge is 2.11. The largest absolute Gasteiger partial charge is 0.348 e. The Hall–Kier alpha value is -3.28. The van der Waals surface area contributed by atoms with Crippen LogP contribution in [0.25, 0.3) is 11.3 Å². The lowest BCUT2D eigenvalue weighted by Gasteiger charge is -2.06. The van der Waals surface area contributed by atoms with Gasteiger partial charge < -0.3 is 10.3 Å². The van der Waals surface area contributed by atoms with Crippen LogP contribution in [-0.2, 0) is 6.54 Å². The second-order valence-corrected chi connectivity index (χ2v) is 5.16. The lowest BCUT2D eigenvalue weighted by molar-refractivity contribution is 0.0949. The van der Waals surface area contributed by atoms with Crippen LogP contribution in [0.15, 0.2) is 65.7 Å². The Kier molecular flexibility index (Phi) is 4.47. The van der Waals surface area contributed by atoms with E-state index in [1.165, 1.54) is 18.2 Å². The molecule has 0 spiro atoms. The smallest absolute Gasteiger partial charge is 0.261 e. The average Bonchev–Trinajstić information content (AvgIpc) is 2.61. The molecule has 0 bridgehead atoms. The van der Waals surface area contributed by atoms with Gasteiger partial charge in [0, 0.05) is 24.6 Å². The first-order chi connectivity index (χ1) is 11.6. The van der Waals surface area contributed by atoms with Crippen LogP contribution in [0.1, 0.15) is 15.9 Å². The fourth-order valence-electron chi connectivity index (χ4n) is 2.23. The second kappa shape index (κ2) is 6.87. The highest BCUT2D eigenvalue weighted by Crippen LogP contribution is 2.16. The molecule has 5 nitrogen and oxygen atoms in total. The number of aromatic nitrogens is 2. The van der Waals surface area contributed by atoms with Crippen LogP contribution in [0.2, 0.25) is 0 Å². The van der Waals surface area contributed by atoms with Gasteiger partial charge in [-0.3, -0.25) is 14.6 Å². The van der Waals surface area contributed by atoms with Gasteiger partial charge in [-0.25, -0.2) is 4.39 Å². The third kappa shape index (κ3) is 3.55. The van der Waals surface area contributed by atoms with Gasteiger partial charge in [-0.2, -0.15) is 0 Å². The summed E-state index contributed by atoms with van der Waals surface area (Å²) in [5.41, 5.74) is 1.60. The highest BCUT2D eigenvalue weighted by atomic mass is 19.1. The molecule has 120 valence electrons. The maximum absolute atomic E-state index is 12.9. The molecule has 2 heterocycles.